The molecule has 20 heavy (non-hydrogen) atoms. The van der Waals surface area contributed by atoms with E-state index in [0.717, 1.165) is 18.9 Å². The van der Waals surface area contributed by atoms with Gasteiger partial charge in [-0.25, -0.2) is 0 Å². The van der Waals surface area contributed by atoms with Crippen LogP contribution < -0.4 is 10.6 Å². The minimum Gasteiger partial charge on any atom is -0.373 e. The summed E-state index contributed by atoms with van der Waals surface area (Å²) in [5.41, 5.74) is 1.39. The molecule has 0 aromatic carbocycles. The van der Waals surface area contributed by atoms with E-state index in [2.05, 4.69) is 39.4 Å². The summed E-state index contributed by atoms with van der Waals surface area (Å²) in [4.78, 5) is 4.33. The molecule has 0 radical (unpaired) electrons. The van der Waals surface area contributed by atoms with Crippen molar-refractivity contribution >= 4 is 17.3 Å². The highest BCUT2D eigenvalue weighted by molar-refractivity contribution is 7.07. The van der Waals surface area contributed by atoms with Crippen molar-refractivity contribution in [3.05, 3.63) is 22.4 Å². The lowest BCUT2D eigenvalue weighted by Gasteiger charge is -2.23. The highest BCUT2D eigenvalue weighted by atomic mass is 32.1. The van der Waals surface area contributed by atoms with E-state index >= 15 is 0 Å². The molecule has 1 aromatic heterocycles. The van der Waals surface area contributed by atoms with E-state index in [-0.39, 0.29) is 0 Å². The zero-order valence-corrected chi connectivity index (χ0v) is 13.0. The van der Waals surface area contributed by atoms with Crippen LogP contribution in [0.1, 0.15) is 37.7 Å². The molecular weight excluding hydrogens is 270 g/mol. The van der Waals surface area contributed by atoms with Gasteiger partial charge in [0.05, 0.1) is 18.2 Å². The van der Waals surface area contributed by atoms with Crippen LogP contribution in [-0.2, 0) is 4.74 Å². The molecule has 0 amide bonds. The fourth-order valence-electron chi connectivity index (χ4n) is 3.08. The van der Waals surface area contributed by atoms with E-state index in [0.29, 0.717) is 24.2 Å². The second-order valence-corrected chi connectivity index (χ2v) is 6.55. The summed E-state index contributed by atoms with van der Waals surface area (Å²) in [7, 11) is 1.83. The Balaban J connectivity index is 1.48. The van der Waals surface area contributed by atoms with Crippen LogP contribution in [0.15, 0.2) is 21.8 Å². The van der Waals surface area contributed by atoms with Crippen LogP contribution in [0.5, 0.6) is 0 Å². The summed E-state index contributed by atoms with van der Waals surface area (Å²) in [5, 5.41) is 11.3. The van der Waals surface area contributed by atoms with Crippen LogP contribution in [-0.4, -0.2) is 37.8 Å². The molecule has 4 atom stereocenters. The average molecular weight is 293 g/mol. The summed E-state index contributed by atoms with van der Waals surface area (Å²) < 4.78 is 5.87. The summed E-state index contributed by atoms with van der Waals surface area (Å²) in [6.07, 6.45) is 4.38. The van der Waals surface area contributed by atoms with Crippen LogP contribution in [0.4, 0.5) is 0 Å². The molecule has 2 saturated heterocycles. The maximum atomic E-state index is 5.87. The monoisotopic (exact) mass is 293 g/mol. The number of guanidine groups is 1. The molecule has 4 unspecified atom stereocenters. The minimum atomic E-state index is 0.382. The van der Waals surface area contributed by atoms with Crippen molar-refractivity contribution in [2.75, 3.05) is 13.6 Å². The molecule has 1 aromatic rings. The van der Waals surface area contributed by atoms with Gasteiger partial charge in [0, 0.05) is 13.6 Å². The summed E-state index contributed by atoms with van der Waals surface area (Å²) in [5.74, 6) is 1.39. The zero-order chi connectivity index (χ0) is 13.9. The molecule has 5 heteroatoms. The molecule has 3 heterocycles. The largest absolute Gasteiger partial charge is 0.373 e. The number of ether oxygens (including phenoxy) is 1. The van der Waals surface area contributed by atoms with Crippen molar-refractivity contribution in [2.45, 2.75) is 50.4 Å². The Bertz CT molecular complexity index is 460. The first-order valence-electron chi connectivity index (χ1n) is 7.41. The first kappa shape index (κ1) is 13.9. The van der Waals surface area contributed by atoms with Gasteiger partial charge in [0.1, 0.15) is 0 Å². The van der Waals surface area contributed by atoms with Crippen molar-refractivity contribution in [1.29, 1.82) is 0 Å². The van der Waals surface area contributed by atoms with E-state index < -0.39 is 0 Å². The molecule has 2 aliphatic rings. The second kappa shape index (κ2) is 6.14. The first-order chi connectivity index (χ1) is 9.76. The van der Waals surface area contributed by atoms with Crippen molar-refractivity contribution < 1.29 is 4.74 Å². The van der Waals surface area contributed by atoms with E-state index in [1.165, 1.54) is 18.4 Å². The Hall–Kier alpha value is -1.07. The van der Waals surface area contributed by atoms with Gasteiger partial charge in [-0.15, -0.1) is 0 Å². The standard InChI is InChI=1S/C15H23N3OS/c1-10(11-5-6-20-9-11)8-17-15(16-2)18-13-7-12-3-4-14(13)19-12/h5-6,9-10,12-14H,3-4,7-8H2,1-2H3,(H2,16,17,18). The summed E-state index contributed by atoms with van der Waals surface area (Å²) in [6, 6.07) is 2.62. The lowest BCUT2D eigenvalue weighted by Crippen LogP contribution is -2.48. The Morgan fingerprint density at radius 2 is 2.45 bits per heavy atom. The van der Waals surface area contributed by atoms with E-state index in [1.807, 2.05) is 7.05 Å². The van der Waals surface area contributed by atoms with Gasteiger partial charge in [-0.1, -0.05) is 6.92 Å². The smallest absolute Gasteiger partial charge is 0.191 e. The predicted molar refractivity (Wildman–Crippen MR) is 83.5 cm³/mol. The fourth-order valence-corrected chi connectivity index (χ4v) is 3.87. The number of aliphatic imine (C=N–C) groups is 1. The van der Waals surface area contributed by atoms with Crippen LogP contribution >= 0.6 is 11.3 Å². The van der Waals surface area contributed by atoms with Crippen molar-refractivity contribution in [1.82, 2.24) is 10.6 Å². The maximum absolute atomic E-state index is 5.87. The number of nitrogens with zero attached hydrogens (tertiary/aromatic N) is 1. The molecule has 0 spiro atoms. The van der Waals surface area contributed by atoms with Crippen LogP contribution in [0.2, 0.25) is 0 Å². The fraction of sp³-hybridized carbons (Fsp3) is 0.667. The third-order valence-electron chi connectivity index (χ3n) is 4.34. The zero-order valence-electron chi connectivity index (χ0n) is 12.1. The number of hydrogen-bond donors (Lipinski definition) is 2. The van der Waals surface area contributed by atoms with Crippen LogP contribution in [0, 0.1) is 0 Å². The molecule has 2 N–H and O–H groups in total. The predicted octanol–water partition coefficient (Wildman–Crippen LogP) is 2.34. The van der Waals surface area contributed by atoms with Crippen molar-refractivity contribution in [3.63, 3.8) is 0 Å². The number of fused-ring (bicyclic) bond motifs is 2. The Kier molecular flexibility index (Phi) is 4.27. The topological polar surface area (TPSA) is 45.7 Å². The molecule has 110 valence electrons. The normalized spacial score (nSPS) is 30.5. The highest BCUT2D eigenvalue weighted by Gasteiger charge is 2.41. The van der Waals surface area contributed by atoms with Gasteiger partial charge in [0.2, 0.25) is 0 Å². The Morgan fingerprint density at radius 3 is 3.05 bits per heavy atom. The minimum absolute atomic E-state index is 0.382. The Morgan fingerprint density at radius 1 is 1.55 bits per heavy atom. The molecule has 2 aliphatic heterocycles. The Labute approximate surface area is 124 Å². The molecule has 0 saturated carbocycles. The van der Waals surface area contributed by atoms with Crippen molar-refractivity contribution in [3.8, 4) is 0 Å². The molecular formula is C15H23N3OS. The van der Waals surface area contributed by atoms with E-state index in [1.54, 1.807) is 11.3 Å². The molecule has 2 bridgehead atoms. The van der Waals surface area contributed by atoms with Gasteiger partial charge in [-0.05, 0) is 47.6 Å². The third-order valence-corrected chi connectivity index (χ3v) is 5.04. The molecule has 4 nitrogen and oxygen atoms in total. The molecule has 2 fully saturated rings. The second-order valence-electron chi connectivity index (χ2n) is 5.77. The van der Waals surface area contributed by atoms with Crippen LogP contribution in [0.25, 0.3) is 0 Å². The van der Waals surface area contributed by atoms with Crippen molar-refractivity contribution in [2.24, 2.45) is 4.99 Å². The van der Waals surface area contributed by atoms with Gasteiger partial charge >= 0.3 is 0 Å². The number of rotatable bonds is 4. The molecule has 0 aliphatic carbocycles. The third kappa shape index (κ3) is 2.99. The average Bonchev–Trinajstić information content (AvgIpc) is 3.18. The van der Waals surface area contributed by atoms with Gasteiger partial charge in [0.15, 0.2) is 5.96 Å². The SMILES string of the molecule is CN=C(NCC(C)c1ccsc1)NC1CC2CCC1O2. The lowest BCUT2D eigenvalue weighted by atomic mass is 9.96. The van der Waals surface area contributed by atoms with Gasteiger partial charge in [0.25, 0.3) is 0 Å². The number of hydrogen-bond acceptors (Lipinski definition) is 3. The van der Waals surface area contributed by atoms with E-state index in [9.17, 15) is 0 Å². The number of nitrogens with one attached hydrogen (secondary N) is 2. The maximum Gasteiger partial charge on any atom is 0.191 e. The van der Waals surface area contributed by atoms with Crippen LogP contribution in [0.3, 0.4) is 0 Å². The summed E-state index contributed by atoms with van der Waals surface area (Å²) in [6.45, 7) is 3.14. The summed E-state index contributed by atoms with van der Waals surface area (Å²) >= 11 is 1.75. The van der Waals surface area contributed by atoms with Gasteiger partial charge < -0.3 is 15.4 Å². The molecule has 3 rings (SSSR count). The number of thiophene rings is 1. The highest BCUT2D eigenvalue weighted by Crippen LogP contribution is 2.34. The quantitative estimate of drug-likeness (QED) is 0.661. The van der Waals surface area contributed by atoms with Gasteiger partial charge in [-0.3, -0.25) is 4.99 Å². The first-order valence-corrected chi connectivity index (χ1v) is 8.35. The lowest BCUT2D eigenvalue weighted by molar-refractivity contribution is 0.0992. The van der Waals surface area contributed by atoms with Gasteiger partial charge in [-0.2, -0.15) is 11.3 Å². The van der Waals surface area contributed by atoms with E-state index in [4.69, 9.17) is 4.74 Å².